The van der Waals surface area contributed by atoms with Gasteiger partial charge in [-0.3, -0.25) is 0 Å². The Hall–Kier alpha value is -3.42. The molecule has 150 valence electrons. The van der Waals surface area contributed by atoms with Gasteiger partial charge in [0.1, 0.15) is 0 Å². The highest BCUT2D eigenvalue weighted by Crippen LogP contribution is 2.41. The van der Waals surface area contributed by atoms with Gasteiger partial charge < -0.3 is 29.4 Å². The summed E-state index contributed by atoms with van der Waals surface area (Å²) >= 11 is 0. The molecule has 0 aromatic heterocycles. The van der Waals surface area contributed by atoms with Crippen molar-refractivity contribution in [2.45, 2.75) is 6.04 Å². The van der Waals surface area contributed by atoms with E-state index in [1.807, 2.05) is 0 Å². The maximum Gasteiger partial charge on any atom is 0.333 e. The highest BCUT2D eigenvalue weighted by atomic mass is 19.1. The summed E-state index contributed by atoms with van der Waals surface area (Å²) < 4.78 is 35.0. The van der Waals surface area contributed by atoms with Crippen LogP contribution >= 0.6 is 0 Å². The molecule has 0 aliphatic heterocycles. The molecule has 0 amide bonds. The molecule has 7 nitrogen and oxygen atoms in total. The fraction of sp³-hybridized carbons (Fsp3) is 0.250. The van der Waals surface area contributed by atoms with E-state index in [9.17, 15) is 14.3 Å². The SMILES string of the molecule is C=C(C(=O)O)C(Nc1cc(OC)c(OC)c(OC)c1)c1ccc(OC)c(F)c1. The molecule has 0 spiro atoms. The smallest absolute Gasteiger partial charge is 0.333 e. The van der Waals surface area contributed by atoms with Crippen LogP contribution in [0.2, 0.25) is 0 Å². The van der Waals surface area contributed by atoms with Crippen molar-refractivity contribution in [1.82, 2.24) is 0 Å². The van der Waals surface area contributed by atoms with Crippen LogP contribution in [0.5, 0.6) is 23.0 Å². The van der Waals surface area contributed by atoms with Crippen LogP contribution in [0.1, 0.15) is 11.6 Å². The van der Waals surface area contributed by atoms with Crippen LogP contribution in [0.15, 0.2) is 42.5 Å². The van der Waals surface area contributed by atoms with E-state index in [2.05, 4.69) is 11.9 Å². The maximum absolute atomic E-state index is 14.2. The van der Waals surface area contributed by atoms with Gasteiger partial charge in [-0.15, -0.1) is 0 Å². The van der Waals surface area contributed by atoms with Gasteiger partial charge in [-0.25, -0.2) is 9.18 Å². The number of ether oxygens (including phenoxy) is 4. The molecular weight excluding hydrogens is 369 g/mol. The first kappa shape index (κ1) is 20.9. The number of nitrogens with one attached hydrogen (secondary N) is 1. The summed E-state index contributed by atoms with van der Waals surface area (Å²) in [4.78, 5) is 11.5. The number of hydrogen-bond donors (Lipinski definition) is 2. The predicted octanol–water partition coefficient (Wildman–Crippen LogP) is 3.65. The average molecular weight is 391 g/mol. The zero-order valence-corrected chi connectivity index (χ0v) is 16.0. The van der Waals surface area contributed by atoms with Gasteiger partial charge in [-0.2, -0.15) is 0 Å². The summed E-state index contributed by atoms with van der Waals surface area (Å²) in [6, 6.07) is 6.49. The number of hydrogen-bond acceptors (Lipinski definition) is 6. The van der Waals surface area contributed by atoms with Crippen LogP contribution in [-0.4, -0.2) is 39.5 Å². The third-order valence-corrected chi connectivity index (χ3v) is 4.11. The molecule has 0 bridgehead atoms. The lowest BCUT2D eigenvalue weighted by atomic mass is 9.99. The van der Waals surface area contributed by atoms with Crippen molar-refractivity contribution < 1.29 is 33.2 Å². The number of aliphatic carboxylic acids is 1. The molecule has 2 N–H and O–H groups in total. The first-order valence-corrected chi connectivity index (χ1v) is 8.18. The number of carboxylic acids is 1. The van der Waals surface area contributed by atoms with Gasteiger partial charge in [-0.05, 0) is 17.7 Å². The molecule has 2 aromatic rings. The topological polar surface area (TPSA) is 86.3 Å². The molecule has 8 heteroatoms. The van der Waals surface area contributed by atoms with Crippen LogP contribution in [0, 0.1) is 5.82 Å². The van der Waals surface area contributed by atoms with Crippen LogP contribution in [0.3, 0.4) is 0 Å². The predicted molar refractivity (Wildman–Crippen MR) is 102 cm³/mol. The van der Waals surface area contributed by atoms with Crippen LogP contribution in [0.4, 0.5) is 10.1 Å². The van der Waals surface area contributed by atoms with E-state index in [4.69, 9.17) is 18.9 Å². The van der Waals surface area contributed by atoms with E-state index in [0.29, 0.717) is 28.5 Å². The first-order valence-electron chi connectivity index (χ1n) is 8.18. The standard InChI is InChI=1S/C20H22FNO6/c1-11(20(23)24)18(12-6-7-15(25-2)14(21)8-12)22-13-9-16(26-3)19(28-5)17(10-13)27-4/h6-10,18,22H,1H2,2-5H3,(H,23,24). The highest BCUT2D eigenvalue weighted by Gasteiger charge is 2.23. The van der Waals surface area contributed by atoms with Crippen molar-refractivity contribution in [2.24, 2.45) is 0 Å². The van der Waals surface area contributed by atoms with Crippen molar-refractivity contribution in [3.05, 3.63) is 53.9 Å². The monoisotopic (exact) mass is 391 g/mol. The fourth-order valence-corrected chi connectivity index (χ4v) is 2.69. The van der Waals surface area contributed by atoms with Gasteiger partial charge in [-0.1, -0.05) is 12.6 Å². The lowest BCUT2D eigenvalue weighted by molar-refractivity contribution is -0.132. The summed E-state index contributed by atoms with van der Waals surface area (Å²) in [6.45, 7) is 3.62. The molecular formula is C20H22FNO6. The number of anilines is 1. The lowest BCUT2D eigenvalue weighted by Gasteiger charge is -2.22. The second-order valence-electron chi connectivity index (χ2n) is 5.72. The van der Waals surface area contributed by atoms with Crippen LogP contribution in [-0.2, 0) is 4.79 Å². The maximum atomic E-state index is 14.2. The van der Waals surface area contributed by atoms with E-state index in [-0.39, 0.29) is 11.3 Å². The average Bonchev–Trinajstić information content (AvgIpc) is 2.70. The zero-order chi connectivity index (χ0) is 20.8. The van der Waals surface area contributed by atoms with E-state index in [1.165, 1.54) is 40.6 Å². The largest absolute Gasteiger partial charge is 0.494 e. The Morgan fingerprint density at radius 3 is 2.00 bits per heavy atom. The van der Waals surface area contributed by atoms with Gasteiger partial charge in [0.15, 0.2) is 23.1 Å². The van der Waals surface area contributed by atoms with E-state index < -0.39 is 17.8 Å². The van der Waals surface area contributed by atoms with Gasteiger partial charge in [0.05, 0.1) is 40.1 Å². The zero-order valence-electron chi connectivity index (χ0n) is 16.0. The van der Waals surface area contributed by atoms with E-state index in [0.717, 1.165) is 0 Å². The summed E-state index contributed by atoms with van der Waals surface area (Å²) in [5.74, 6) is -0.637. The molecule has 28 heavy (non-hydrogen) atoms. The van der Waals surface area contributed by atoms with Gasteiger partial charge in [0, 0.05) is 17.8 Å². The van der Waals surface area contributed by atoms with E-state index in [1.54, 1.807) is 18.2 Å². The number of rotatable bonds is 9. The van der Waals surface area contributed by atoms with Gasteiger partial charge in [0.25, 0.3) is 0 Å². The molecule has 1 atom stereocenters. The Labute approximate surface area is 162 Å². The van der Waals surface area contributed by atoms with Crippen LogP contribution < -0.4 is 24.3 Å². The summed E-state index contributed by atoms with van der Waals surface area (Å²) in [5, 5.41) is 12.5. The number of methoxy groups -OCH3 is 4. The highest BCUT2D eigenvalue weighted by molar-refractivity contribution is 5.88. The quantitative estimate of drug-likeness (QED) is 0.631. The Morgan fingerprint density at radius 1 is 1.00 bits per heavy atom. The molecule has 0 aliphatic rings. The second-order valence-corrected chi connectivity index (χ2v) is 5.72. The Balaban J connectivity index is 2.51. The molecule has 0 aliphatic carbocycles. The minimum atomic E-state index is -1.22. The molecule has 0 saturated carbocycles. The van der Waals surface area contributed by atoms with Gasteiger partial charge >= 0.3 is 5.97 Å². The third-order valence-electron chi connectivity index (χ3n) is 4.11. The molecule has 2 aromatic carbocycles. The third kappa shape index (κ3) is 4.28. The fourth-order valence-electron chi connectivity index (χ4n) is 2.69. The van der Waals surface area contributed by atoms with Crippen molar-refractivity contribution in [2.75, 3.05) is 33.8 Å². The molecule has 0 fully saturated rings. The Morgan fingerprint density at radius 2 is 1.57 bits per heavy atom. The number of carbonyl (C=O) groups is 1. The number of benzene rings is 2. The van der Waals surface area contributed by atoms with Crippen LogP contribution in [0.25, 0.3) is 0 Å². The van der Waals surface area contributed by atoms with Crippen molar-refractivity contribution in [3.63, 3.8) is 0 Å². The molecule has 1 unspecified atom stereocenters. The minimum absolute atomic E-state index is 0.0521. The molecule has 2 rings (SSSR count). The first-order chi connectivity index (χ1) is 13.4. The number of halogens is 1. The summed E-state index contributed by atoms with van der Waals surface area (Å²) in [7, 11) is 5.75. The Kier molecular flexibility index (Phi) is 6.70. The van der Waals surface area contributed by atoms with Crippen molar-refractivity contribution >= 4 is 11.7 Å². The summed E-state index contributed by atoms with van der Waals surface area (Å²) in [5.41, 5.74) is 0.663. The van der Waals surface area contributed by atoms with E-state index >= 15 is 0 Å². The lowest BCUT2D eigenvalue weighted by Crippen LogP contribution is -2.18. The molecule has 0 saturated heterocycles. The summed E-state index contributed by atoms with van der Waals surface area (Å²) in [6.07, 6.45) is 0. The molecule has 0 heterocycles. The van der Waals surface area contributed by atoms with Crippen molar-refractivity contribution in [3.8, 4) is 23.0 Å². The Bertz CT molecular complexity index is 858. The number of carboxylic acid groups (broad SMARTS) is 1. The van der Waals surface area contributed by atoms with Crippen molar-refractivity contribution in [1.29, 1.82) is 0 Å². The minimum Gasteiger partial charge on any atom is -0.494 e. The normalized spacial score (nSPS) is 11.3. The van der Waals surface area contributed by atoms with Gasteiger partial charge in [0.2, 0.25) is 5.75 Å². The molecule has 0 radical (unpaired) electrons. The second kappa shape index (κ2) is 8.98.